The highest BCUT2D eigenvalue weighted by Crippen LogP contribution is 2.20. The zero-order valence-electron chi connectivity index (χ0n) is 15.7. The fourth-order valence-electron chi connectivity index (χ4n) is 3.39. The number of methoxy groups -OCH3 is 1. The van der Waals surface area contributed by atoms with Crippen LogP contribution in [0.15, 0.2) is 54.6 Å². The van der Waals surface area contributed by atoms with Gasteiger partial charge in [0.2, 0.25) is 5.91 Å². The number of hydrogen-bond acceptors (Lipinski definition) is 4. The number of nitrogens with zero attached hydrogens (tertiary/aromatic N) is 1. The number of benzene rings is 2. The van der Waals surface area contributed by atoms with Crippen molar-refractivity contribution in [1.82, 2.24) is 10.2 Å². The van der Waals surface area contributed by atoms with Gasteiger partial charge in [0.15, 0.2) is 0 Å². The number of likely N-dealkylation sites (tertiary alicyclic amines) is 1. The van der Waals surface area contributed by atoms with Gasteiger partial charge in [0.05, 0.1) is 12.7 Å². The Labute approximate surface area is 160 Å². The minimum Gasteiger partial charge on any atom is -0.465 e. The highest BCUT2D eigenvalue weighted by molar-refractivity contribution is 5.89. The van der Waals surface area contributed by atoms with E-state index in [2.05, 4.69) is 5.32 Å². The summed E-state index contributed by atoms with van der Waals surface area (Å²) in [5.74, 6) is -0.218. The maximum Gasteiger partial charge on any atom is 0.337 e. The zero-order valence-corrected chi connectivity index (χ0v) is 15.7. The van der Waals surface area contributed by atoms with Crippen molar-refractivity contribution >= 4 is 11.9 Å². The predicted molar refractivity (Wildman–Crippen MR) is 104 cm³/mol. The van der Waals surface area contributed by atoms with Crippen molar-refractivity contribution < 1.29 is 14.3 Å². The molecule has 1 heterocycles. The van der Waals surface area contributed by atoms with E-state index in [9.17, 15) is 9.59 Å². The Morgan fingerprint density at radius 1 is 1.00 bits per heavy atom. The lowest BCUT2D eigenvalue weighted by molar-refractivity contribution is -0.134. The number of carbonyl (C=O) groups is 2. The molecule has 1 atom stereocenters. The van der Waals surface area contributed by atoms with E-state index >= 15 is 0 Å². The molecule has 5 heteroatoms. The van der Waals surface area contributed by atoms with Crippen LogP contribution in [0, 0.1) is 0 Å². The van der Waals surface area contributed by atoms with Crippen molar-refractivity contribution in [3.63, 3.8) is 0 Å². The quantitative estimate of drug-likeness (QED) is 0.797. The number of nitrogens with one attached hydrogen (secondary N) is 1. The van der Waals surface area contributed by atoms with Gasteiger partial charge in [-0.3, -0.25) is 10.1 Å². The van der Waals surface area contributed by atoms with Gasteiger partial charge < -0.3 is 9.64 Å². The van der Waals surface area contributed by atoms with Crippen LogP contribution in [0.4, 0.5) is 0 Å². The maximum atomic E-state index is 13.1. The highest BCUT2D eigenvalue weighted by Gasteiger charge is 2.26. The fourth-order valence-corrected chi connectivity index (χ4v) is 3.39. The molecular weight excluding hydrogens is 340 g/mol. The van der Waals surface area contributed by atoms with E-state index in [4.69, 9.17) is 4.74 Å². The summed E-state index contributed by atoms with van der Waals surface area (Å²) < 4.78 is 4.73. The number of esters is 1. The maximum absolute atomic E-state index is 13.1. The highest BCUT2D eigenvalue weighted by atomic mass is 16.5. The first kappa shape index (κ1) is 19.1. The fraction of sp³-hybridized carbons (Fsp3) is 0.364. The van der Waals surface area contributed by atoms with Crippen LogP contribution >= 0.6 is 0 Å². The second kappa shape index (κ2) is 9.33. The smallest absolute Gasteiger partial charge is 0.337 e. The van der Waals surface area contributed by atoms with Crippen molar-refractivity contribution in [2.75, 3.05) is 20.2 Å². The van der Waals surface area contributed by atoms with Gasteiger partial charge in [-0.1, -0.05) is 42.5 Å². The molecule has 27 heavy (non-hydrogen) atoms. The standard InChI is InChI=1S/C22H26N2O3/c1-27-22(26)19-12-10-17(11-13-19)16-23-20(18-8-4-2-5-9-18)21(25)24-14-6-3-7-15-24/h2,4-5,8-13,20,23H,3,6-7,14-16H2,1H3/t20-/m1/s1. The van der Waals surface area contributed by atoms with E-state index in [0.717, 1.165) is 37.1 Å². The molecule has 5 nitrogen and oxygen atoms in total. The number of rotatable bonds is 6. The largest absolute Gasteiger partial charge is 0.465 e. The molecule has 1 aliphatic rings. The van der Waals surface area contributed by atoms with Gasteiger partial charge in [-0.2, -0.15) is 0 Å². The van der Waals surface area contributed by atoms with Crippen molar-refractivity contribution in [3.8, 4) is 0 Å². The Morgan fingerprint density at radius 2 is 1.67 bits per heavy atom. The van der Waals surface area contributed by atoms with Gasteiger partial charge in [0.1, 0.15) is 6.04 Å². The lowest BCUT2D eigenvalue weighted by Gasteiger charge is -2.31. The third-order valence-electron chi connectivity index (χ3n) is 4.93. The summed E-state index contributed by atoms with van der Waals surface area (Å²) in [6.45, 7) is 2.20. The molecule has 1 saturated heterocycles. The number of hydrogen-bond donors (Lipinski definition) is 1. The van der Waals surface area contributed by atoms with Gasteiger partial charge in [-0.15, -0.1) is 0 Å². The number of amides is 1. The van der Waals surface area contributed by atoms with Crippen LogP contribution in [0.3, 0.4) is 0 Å². The van der Waals surface area contributed by atoms with Crippen molar-refractivity contribution in [1.29, 1.82) is 0 Å². The van der Waals surface area contributed by atoms with E-state index in [1.54, 1.807) is 12.1 Å². The van der Waals surface area contributed by atoms with E-state index in [0.29, 0.717) is 12.1 Å². The van der Waals surface area contributed by atoms with Crippen molar-refractivity contribution in [3.05, 3.63) is 71.3 Å². The Kier molecular flexibility index (Phi) is 6.60. The first-order chi connectivity index (χ1) is 13.2. The Balaban J connectivity index is 1.71. The minimum absolute atomic E-state index is 0.132. The zero-order chi connectivity index (χ0) is 19.1. The Morgan fingerprint density at radius 3 is 2.30 bits per heavy atom. The molecule has 1 N–H and O–H groups in total. The first-order valence-corrected chi connectivity index (χ1v) is 9.43. The van der Waals surface area contributed by atoms with Gasteiger partial charge in [0.25, 0.3) is 0 Å². The molecule has 3 rings (SSSR count). The molecule has 1 fully saturated rings. The van der Waals surface area contributed by atoms with E-state index in [1.807, 2.05) is 47.4 Å². The predicted octanol–water partition coefficient (Wildman–Crippen LogP) is 3.32. The van der Waals surface area contributed by atoms with Crippen LogP contribution in [0.2, 0.25) is 0 Å². The van der Waals surface area contributed by atoms with E-state index in [-0.39, 0.29) is 17.9 Å². The molecule has 0 saturated carbocycles. The second-order valence-electron chi connectivity index (χ2n) is 6.80. The molecule has 1 amide bonds. The third kappa shape index (κ3) is 4.95. The molecule has 0 aromatic heterocycles. The van der Waals surface area contributed by atoms with E-state index < -0.39 is 0 Å². The molecule has 142 valence electrons. The van der Waals surface area contributed by atoms with Crippen LogP contribution in [-0.4, -0.2) is 37.0 Å². The molecule has 0 radical (unpaired) electrons. The molecule has 2 aromatic carbocycles. The van der Waals surface area contributed by atoms with Crippen LogP contribution in [0.25, 0.3) is 0 Å². The van der Waals surface area contributed by atoms with E-state index in [1.165, 1.54) is 13.5 Å². The summed E-state index contributed by atoms with van der Waals surface area (Å²) in [5, 5.41) is 3.40. The summed E-state index contributed by atoms with van der Waals surface area (Å²) in [6.07, 6.45) is 3.34. The average molecular weight is 366 g/mol. The summed E-state index contributed by atoms with van der Waals surface area (Å²) in [6, 6.07) is 16.7. The third-order valence-corrected chi connectivity index (χ3v) is 4.93. The topological polar surface area (TPSA) is 58.6 Å². The number of carbonyl (C=O) groups excluding carboxylic acids is 2. The normalized spacial score (nSPS) is 15.2. The summed E-state index contributed by atoms with van der Waals surface area (Å²) >= 11 is 0. The first-order valence-electron chi connectivity index (χ1n) is 9.43. The SMILES string of the molecule is COC(=O)c1ccc(CN[C@@H](C(=O)N2CCCCC2)c2ccccc2)cc1. The molecule has 0 spiro atoms. The number of piperidine rings is 1. The van der Waals surface area contributed by atoms with Crippen LogP contribution in [0.5, 0.6) is 0 Å². The molecule has 0 bridgehead atoms. The lowest BCUT2D eigenvalue weighted by Crippen LogP contribution is -2.43. The Bertz CT molecular complexity index is 753. The van der Waals surface area contributed by atoms with Crippen LogP contribution in [-0.2, 0) is 16.1 Å². The molecule has 2 aromatic rings. The van der Waals surface area contributed by atoms with Crippen molar-refractivity contribution in [2.45, 2.75) is 31.8 Å². The molecule has 0 unspecified atom stereocenters. The molecular formula is C22H26N2O3. The Hall–Kier alpha value is -2.66. The molecule has 0 aliphatic carbocycles. The summed E-state index contributed by atoms with van der Waals surface area (Å²) in [7, 11) is 1.37. The summed E-state index contributed by atoms with van der Waals surface area (Å²) in [4.78, 5) is 26.6. The van der Waals surface area contributed by atoms with Gasteiger partial charge in [0, 0.05) is 19.6 Å². The van der Waals surface area contributed by atoms with Gasteiger partial charge >= 0.3 is 5.97 Å². The van der Waals surface area contributed by atoms with Gasteiger partial charge in [-0.25, -0.2) is 4.79 Å². The minimum atomic E-state index is -0.371. The second-order valence-corrected chi connectivity index (χ2v) is 6.80. The monoisotopic (exact) mass is 366 g/mol. The van der Waals surface area contributed by atoms with Crippen LogP contribution < -0.4 is 5.32 Å². The van der Waals surface area contributed by atoms with Crippen LogP contribution in [0.1, 0.15) is 46.8 Å². The molecule has 1 aliphatic heterocycles. The van der Waals surface area contributed by atoms with Gasteiger partial charge in [-0.05, 0) is 42.5 Å². The number of ether oxygens (including phenoxy) is 1. The van der Waals surface area contributed by atoms with Crippen molar-refractivity contribution in [2.24, 2.45) is 0 Å². The average Bonchev–Trinajstić information content (AvgIpc) is 2.75. The lowest BCUT2D eigenvalue weighted by atomic mass is 10.0. The summed E-state index contributed by atoms with van der Waals surface area (Å²) in [5.41, 5.74) is 2.50.